The van der Waals surface area contributed by atoms with E-state index in [1.807, 2.05) is 102 Å². The molecule has 0 fully saturated rings. The minimum absolute atomic E-state index is 0.0242. The summed E-state index contributed by atoms with van der Waals surface area (Å²) in [5, 5.41) is 5.13. The second kappa shape index (κ2) is 27.5. The van der Waals surface area contributed by atoms with Gasteiger partial charge in [0.05, 0.1) is 0 Å². The molecule has 0 heterocycles. The molecule has 4 amide bonds. The number of carbonyl (C=O) groups excluding carboxylic acids is 4. The lowest BCUT2D eigenvalue weighted by molar-refractivity contribution is -0.121. The van der Waals surface area contributed by atoms with E-state index >= 15 is 0 Å². The zero-order chi connectivity index (χ0) is 45.4. The topological polar surface area (TPSA) is 117 Å². The van der Waals surface area contributed by atoms with E-state index in [1.165, 1.54) is 0 Å². The normalized spacial score (nSPS) is 11.6. The molecule has 2 N–H and O–H groups in total. The van der Waals surface area contributed by atoms with Crippen LogP contribution in [0.5, 0.6) is 0 Å². The number of hydrogen-bond donors (Lipinski definition) is 2. The first-order valence-corrected chi connectivity index (χ1v) is 23.5. The average molecular weight is 898 g/mol. The molecule has 0 aromatic heterocycles. The Hall–Kier alpha value is -4.26. The number of benzene rings is 2. The van der Waals surface area contributed by atoms with Gasteiger partial charge in [-0.25, -0.2) is 9.59 Å². The lowest BCUT2D eigenvalue weighted by Gasteiger charge is -2.37. The quantitative estimate of drug-likeness (QED) is 0.136. The van der Waals surface area contributed by atoms with E-state index in [4.69, 9.17) is 15.9 Å². The molecule has 0 aliphatic carbocycles. The molecule has 0 saturated carbocycles. The van der Waals surface area contributed by atoms with Crippen molar-refractivity contribution >= 4 is 48.0 Å². The Balaban J connectivity index is 0.000000894. The van der Waals surface area contributed by atoms with Crippen LogP contribution in [0.3, 0.4) is 0 Å². The number of nitrogens with one attached hydrogen (secondary N) is 2. The lowest BCUT2D eigenvalue weighted by Crippen LogP contribution is -2.43. The first-order chi connectivity index (χ1) is 27.5. The second-order valence-corrected chi connectivity index (χ2v) is 23.3. The van der Waals surface area contributed by atoms with Crippen molar-refractivity contribution in [3.05, 3.63) is 71.8 Å². The SMILES string of the molecule is C#CC(CC(=O)NC)CN(Cc1ccccc1)C(=O)OC(C)(C)C.CC(C)[Si](C#CBr)(C(C)C)C(C)C.CNC(=O)CCCN(Cc1ccccc1)C(=O)OC(C)(C)C. The summed E-state index contributed by atoms with van der Waals surface area (Å²) < 4.78 is 10.9. The highest BCUT2D eigenvalue weighted by atomic mass is 79.9. The summed E-state index contributed by atoms with van der Waals surface area (Å²) in [7, 11) is 1.73. The zero-order valence-electron chi connectivity index (χ0n) is 38.3. The highest BCUT2D eigenvalue weighted by Crippen LogP contribution is 2.40. The van der Waals surface area contributed by atoms with Gasteiger partial charge in [0.15, 0.2) is 0 Å². The van der Waals surface area contributed by atoms with Gasteiger partial charge in [-0.05, 0) is 80.5 Å². The number of rotatable bonds is 15. The van der Waals surface area contributed by atoms with Crippen molar-refractivity contribution in [3.8, 4) is 22.7 Å². The van der Waals surface area contributed by atoms with Gasteiger partial charge in [-0.2, -0.15) is 0 Å². The summed E-state index contributed by atoms with van der Waals surface area (Å²) >= 11 is 3.26. The van der Waals surface area contributed by atoms with E-state index < -0.39 is 25.4 Å². The number of halogens is 1. The van der Waals surface area contributed by atoms with Crippen LogP contribution in [0.25, 0.3) is 0 Å². The molecular formula is C47H73BrN4O6Si. The molecule has 0 spiro atoms. The summed E-state index contributed by atoms with van der Waals surface area (Å²) in [5.74, 6) is 2.04. The maximum atomic E-state index is 12.5. The van der Waals surface area contributed by atoms with Crippen molar-refractivity contribution in [2.75, 3.05) is 27.2 Å². The first kappa shape index (κ1) is 54.7. The van der Waals surface area contributed by atoms with E-state index in [-0.39, 0.29) is 36.8 Å². The summed E-state index contributed by atoms with van der Waals surface area (Å²) in [5.41, 5.74) is 6.57. The predicted molar refractivity (Wildman–Crippen MR) is 248 cm³/mol. The summed E-state index contributed by atoms with van der Waals surface area (Å²) in [4.78, 5) is 53.9. The van der Waals surface area contributed by atoms with Gasteiger partial charge in [-0.1, -0.05) is 102 Å². The van der Waals surface area contributed by atoms with Gasteiger partial charge in [-0.3, -0.25) is 9.59 Å². The molecular weight excluding hydrogens is 825 g/mol. The third-order valence-corrected chi connectivity index (χ3v) is 16.2. The standard InChI is InChI=1S/C19H26N2O3.C17H26N2O3.C11H21BrSi/c1-6-15(12-17(22)20-5)13-21(18(23)24-19(2,3)4)14-16-10-8-7-9-11-16;1-17(2,3)22-16(21)19(12-8-11-15(20)18-4)13-14-9-6-5-7-10-14;1-9(2)13(8-7-12,10(3)4)11(5)6/h1,7-11,15H,12-14H2,2-5H3,(H,20,22);5-7,9-10H,8,11-13H2,1-4H3,(H,18,20);9-11H,1-6H3. The molecule has 2 rings (SSSR count). The minimum Gasteiger partial charge on any atom is -0.444 e. The predicted octanol–water partition coefficient (Wildman–Crippen LogP) is 10.3. The summed E-state index contributed by atoms with van der Waals surface area (Å²) in [6.45, 7) is 26.5. The van der Waals surface area contributed by atoms with Gasteiger partial charge >= 0.3 is 12.2 Å². The molecule has 2 aromatic carbocycles. The molecule has 0 saturated heterocycles. The monoisotopic (exact) mass is 896 g/mol. The molecule has 0 aliphatic rings. The molecule has 2 aromatic rings. The first-order valence-electron chi connectivity index (χ1n) is 20.5. The molecule has 12 heteroatoms. The molecule has 0 radical (unpaired) electrons. The van der Waals surface area contributed by atoms with Crippen LogP contribution < -0.4 is 10.6 Å². The van der Waals surface area contributed by atoms with Crippen LogP contribution in [0.15, 0.2) is 60.7 Å². The Labute approximate surface area is 366 Å². The van der Waals surface area contributed by atoms with E-state index in [0.717, 1.165) is 27.8 Å². The largest absolute Gasteiger partial charge is 0.444 e. The maximum absolute atomic E-state index is 12.5. The Kier molecular flexibility index (Phi) is 25.5. The number of amides is 4. The summed E-state index contributed by atoms with van der Waals surface area (Å²) in [6.07, 6.45) is 5.91. The van der Waals surface area contributed by atoms with Crippen LogP contribution in [0, 0.1) is 28.6 Å². The highest BCUT2D eigenvalue weighted by Gasteiger charge is 2.41. The van der Waals surface area contributed by atoms with Crippen LogP contribution in [0.1, 0.15) is 113 Å². The Morgan fingerprint density at radius 1 is 0.712 bits per heavy atom. The van der Waals surface area contributed by atoms with Gasteiger partial charge < -0.3 is 29.9 Å². The van der Waals surface area contributed by atoms with Crippen LogP contribution in [0.4, 0.5) is 9.59 Å². The van der Waals surface area contributed by atoms with Crippen molar-refractivity contribution < 1.29 is 28.7 Å². The third-order valence-electron chi connectivity index (χ3n) is 9.36. The number of carbonyl (C=O) groups is 4. The number of terminal acetylenes is 1. The summed E-state index contributed by atoms with van der Waals surface area (Å²) in [6, 6.07) is 19.3. The van der Waals surface area contributed by atoms with E-state index in [2.05, 4.69) is 84.4 Å². The fraction of sp³-hybridized carbons (Fsp3) is 0.574. The highest BCUT2D eigenvalue weighted by molar-refractivity contribution is 9.12. The van der Waals surface area contributed by atoms with Crippen LogP contribution >= 0.6 is 15.9 Å². The van der Waals surface area contributed by atoms with Gasteiger partial charge in [0.25, 0.3) is 0 Å². The van der Waals surface area contributed by atoms with Crippen LogP contribution in [-0.2, 0) is 32.2 Å². The van der Waals surface area contributed by atoms with Crippen LogP contribution in [0.2, 0.25) is 16.6 Å². The molecule has 0 aliphatic heterocycles. The van der Waals surface area contributed by atoms with Crippen molar-refractivity contribution in [2.24, 2.45) is 5.92 Å². The molecule has 10 nitrogen and oxygen atoms in total. The third kappa shape index (κ3) is 22.6. The zero-order valence-corrected chi connectivity index (χ0v) is 40.9. The number of nitrogens with zero attached hydrogens (tertiary/aromatic N) is 2. The Morgan fingerprint density at radius 2 is 1.12 bits per heavy atom. The van der Waals surface area contributed by atoms with Gasteiger partial charge in [0.1, 0.15) is 19.3 Å². The van der Waals surface area contributed by atoms with Crippen molar-refractivity contribution in [1.82, 2.24) is 20.4 Å². The van der Waals surface area contributed by atoms with E-state index in [1.54, 1.807) is 23.9 Å². The lowest BCUT2D eigenvalue weighted by atomic mass is 10.1. The fourth-order valence-corrected chi connectivity index (χ4v) is 12.6. The van der Waals surface area contributed by atoms with Crippen molar-refractivity contribution in [1.29, 1.82) is 0 Å². The van der Waals surface area contributed by atoms with Gasteiger partial charge in [-0.15, -0.1) is 17.9 Å². The molecule has 1 atom stereocenters. The van der Waals surface area contributed by atoms with Gasteiger partial charge in [0.2, 0.25) is 11.8 Å². The molecule has 328 valence electrons. The smallest absolute Gasteiger partial charge is 0.410 e. The van der Waals surface area contributed by atoms with E-state index in [0.29, 0.717) is 32.5 Å². The molecule has 59 heavy (non-hydrogen) atoms. The minimum atomic E-state index is -1.44. The Bertz CT molecular complexity index is 1630. The average Bonchev–Trinajstić information content (AvgIpc) is 3.15. The van der Waals surface area contributed by atoms with Crippen molar-refractivity contribution in [3.63, 3.8) is 0 Å². The fourth-order valence-electron chi connectivity index (χ4n) is 6.54. The number of hydrogen-bond acceptors (Lipinski definition) is 6. The Morgan fingerprint density at radius 3 is 1.46 bits per heavy atom. The van der Waals surface area contributed by atoms with Crippen molar-refractivity contribution in [2.45, 2.75) is 143 Å². The van der Waals surface area contributed by atoms with E-state index in [9.17, 15) is 19.2 Å². The van der Waals surface area contributed by atoms with Crippen LogP contribution in [-0.4, -0.2) is 80.3 Å². The molecule has 1 unspecified atom stereocenters. The second-order valence-electron chi connectivity index (χ2n) is 17.4. The maximum Gasteiger partial charge on any atom is 0.410 e. The van der Waals surface area contributed by atoms with Gasteiger partial charge in [0, 0.05) is 75.0 Å². The number of ether oxygens (including phenoxy) is 2. The molecule has 0 bridgehead atoms.